The summed E-state index contributed by atoms with van der Waals surface area (Å²) in [6.07, 6.45) is 6.49. The van der Waals surface area contributed by atoms with E-state index in [1.165, 1.54) is 22.2 Å². The van der Waals surface area contributed by atoms with Gasteiger partial charge in [0, 0.05) is 54.7 Å². The predicted octanol–water partition coefficient (Wildman–Crippen LogP) is 3.14. The number of carbonyl (C=O) groups excluding carboxylic acids is 1. The van der Waals surface area contributed by atoms with Gasteiger partial charge in [0.1, 0.15) is 0 Å². The summed E-state index contributed by atoms with van der Waals surface area (Å²) in [6.45, 7) is 3.46. The van der Waals surface area contributed by atoms with Crippen LogP contribution in [0.25, 0.3) is 16.5 Å². The standard InChI is InChI=1S/C19H20N4O/c1-13-17(15-5-3-4-6-16(15)21-13)14-7-10-23(11-8-14)19(24)18-20-9-12-22(18)2/h3-7,9,12,21H,8,10-11H2,1-2H3. The SMILES string of the molecule is Cc1[nH]c2ccccc2c1C1=CCN(C(=O)c2nccn2C)CC1. The van der Waals surface area contributed by atoms with Crippen LogP contribution < -0.4 is 0 Å². The maximum atomic E-state index is 12.6. The quantitative estimate of drug-likeness (QED) is 0.788. The molecule has 122 valence electrons. The van der Waals surface area contributed by atoms with Crippen LogP contribution in [0.1, 0.15) is 28.3 Å². The number of amides is 1. The number of rotatable bonds is 2. The van der Waals surface area contributed by atoms with Crippen LogP contribution in [0.4, 0.5) is 0 Å². The number of imidazole rings is 1. The molecule has 0 spiro atoms. The average Bonchev–Trinajstić information content (AvgIpc) is 3.16. The van der Waals surface area contributed by atoms with E-state index >= 15 is 0 Å². The number of fused-ring (bicyclic) bond motifs is 1. The summed E-state index contributed by atoms with van der Waals surface area (Å²) < 4.78 is 1.77. The average molecular weight is 320 g/mol. The number of aromatic amines is 1. The van der Waals surface area contributed by atoms with Crippen LogP contribution in [0.2, 0.25) is 0 Å². The number of para-hydroxylation sites is 1. The fourth-order valence-corrected chi connectivity index (χ4v) is 3.48. The first-order valence-electron chi connectivity index (χ1n) is 8.18. The molecular formula is C19H20N4O. The number of H-pyrrole nitrogens is 1. The molecule has 0 aliphatic carbocycles. The van der Waals surface area contributed by atoms with E-state index in [4.69, 9.17) is 0 Å². The van der Waals surface area contributed by atoms with Gasteiger partial charge in [-0.05, 0) is 25.0 Å². The van der Waals surface area contributed by atoms with E-state index in [1.807, 2.05) is 18.0 Å². The molecule has 24 heavy (non-hydrogen) atoms. The molecule has 1 N–H and O–H groups in total. The van der Waals surface area contributed by atoms with Gasteiger partial charge in [0.05, 0.1) is 0 Å². The van der Waals surface area contributed by atoms with E-state index in [9.17, 15) is 4.79 Å². The summed E-state index contributed by atoms with van der Waals surface area (Å²) in [5.41, 5.74) is 4.95. The van der Waals surface area contributed by atoms with Crippen LogP contribution in [-0.2, 0) is 7.05 Å². The number of nitrogens with one attached hydrogen (secondary N) is 1. The second kappa shape index (κ2) is 5.67. The molecule has 0 fully saturated rings. The van der Waals surface area contributed by atoms with Crippen molar-refractivity contribution in [3.63, 3.8) is 0 Å². The third-order valence-corrected chi connectivity index (χ3v) is 4.72. The second-order valence-electron chi connectivity index (χ2n) is 6.26. The number of hydrogen-bond acceptors (Lipinski definition) is 2. The molecule has 2 aromatic heterocycles. The smallest absolute Gasteiger partial charge is 0.290 e. The van der Waals surface area contributed by atoms with E-state index in [-0.39, 0.29) is 5.91 Å². The number of aryl methyl sites for hydroxylation is 2. The Morgan fingerprint density at radius 2 is 2.12 bits per heavy atom. The monoisotopic (exact) mass is 320 g/mol. The Kier molecular flexibility index (Phi) is 3.49. The summed E-state index contributed by atoms with van der Waals surface area (Å²) in [7, 11) is 1.85. The lowest BCUT2D eigenvalue weighted by molar-refractivity contribution is 0.0757. The van der Waals surface area contributed by atoms with E-state index in [0.717, 1.165) is 18.5 Å². The largest absolute Gasteiger partial charge is 0.358 e. The van der Waals surface area contributed by atoms with Crippen molar-refractivity contribution in [2.45, 2.75) is 13.3 Å². The zero-order valence-corrected chi connectivity index (χ0v) is 13.9. The van der Waals surface area contributed by atoms with Crippen molar-refractivity contribution in [2.24, 2.45) is 7.05 Å². The second-order valence-corrected chi connectivity index (χ2v) is 6.26. The molecule has 1 aliphatic rings. The summed E-state index contributed by atoms with van der Waals surface area (Å²) in [5.74, 6) is 0.489. The van der Waals surface area contributed by atoms with Gasteiger partial charge < -0.3 is 14.5 Å². The van der Waals surface area contributed by atoms with Crippen molar-refractivity contribution in [1.29, 1.82) is 0 Å². The van der Waals surface area contributed by atoms with Gasteiger partial charge in [0.2, 0.25) is 0 Å². The summed E-state index contributed by atoms with van der Waals surface area (Å²) in [6, 6.07) is 8.37. The van der Waals surface area contributed by atoms with Crippen LogP contribution in [-0.4, -0.2) is 38.4 Å². The fourth-order valence-electron chi connectivity index (χ4n) is 3.48. The molecule has 4 rings (SSSR count). The highest BCUT2D eigenvalue weighted by Crippen LogP contribution is 2.32. The molecule has 5 nitrogen and oxygen atoms in total. The number of aromatic nitrogens is 3. The highest BCUT2D eigenvalue weighted by atomic mass is 16.2. The van der Waals surface area contributed by atoms with E-state index in [1.54, 1.807) is 17.0 Å². The number of carbonyl (C=O) groups is 1. The first-order chi connectivity index (χ1) is 11.6. The van der Waals surface area contributed by atoms with Crippen LogP contribution in [0.3, 0.4) is 0 Å². The molecule has 0 saturated heterocycles. The maximum absolute atomic E-state index is 12.6. The molecule has 0 unspecified atom stereocenters. The predicted molar refractivity (Wildman–Crippen MR) is 94.7 cm³/mol. The van der Waals surface area contributed by atoms with Gasteiger partial charge in [-0.3, -0.25) is 4.79 Å². The van der Waals surface area contributed by atoms with Crippen molar-refractivity contribution >= 4 is 22.4 Å². The molecule has 3 heterocycles. The zero-order valence-electron chi connectivity index (χ0n) is 13.9. The Morgan fingerprint density at radius 1 is 1.29 bits per heavy atom. The van der Waals surface area contributed by atoms with Gasteiger partial charge in [-0.1, -0.05) is 24.3 Å². The van der Waals surface area contributed by atoms with Gasteiger partial charge in [-0.2, -0.15) is 0 Å². The van der Waals surface area contributed by atoms with Gasteiger partial charge in [-0.15, -0.1) is 0 Å². The van der Waals surface area contributed by atoms with Crippen molar-refractivity contribution in [1.82, 2.24) is 19.4 Å². The van der Waals surface area contributed by atoms with E-state index in [2.05, 4.69) is 41.2 Å². The van der Waals surface area contributed by atoms with Crippen LogP contribution in [0.15, 0.2) is 42.7 Å². The molecule has 0 saturated carbocycles. The van der Waals surface area contributed by atoms with Gasteiger partial charge in [-0.25, -0.2) is 4.98 Å². The van der Waals surface area contributed by atoms with Gasteiger partial charge in [0.15, 0.2) is 5.82 Å². The van der Waals surface area contributed by atoms with Crippen LogP contribution in [0, 0.1) is 6.92 Å². The van der Waals surface area contributed by atoms with Crippen molar-refractivity contribution in [3.05, 3.63) is 59.8 Å². The summed E-state index contributed by atoms with van der Waals surface area (Å²) in [5, 5.41) is 1.25. The summed E-state index contributed by atoms with van der Waals surface area (Å²) >= 11 is 0. The molecule has 3 aromatic rings. The number of benzene rings is 1. The Labute approximate surface area is 140 Å². The molecule has 0 radical (unpaired) electrons. The molecule has 1 amide bonds. The minimum atomic E-state index is -0.00607. The lowest BCUT2D eigenvalue weighted by atomic mass is 9.96. The molecular weight excluding hydrogens is 300 g/mol. The molecule has 0 atom stereocenters. The van der Waals surface area contributed by atoms with Crippen LogP contribution >= 0.6 is 0 Å². The Bertz CT molecular complexity index is 947. The third-order valence-electron chi connectivity index (χ3n) is 4.72. The summed E-state index contributed by atoms with van der Waals surface area (Å²) in [4.78, 5) is 22.0. The normalized spacial score (nSPS) is 14.9. The highest BCUT2D eigenvalue weighted by Gasteiger charge is 2.23. The first kappa shape index (κ1) is 14.8. The fraction of sp³-hybridized carbons (Fsp3) is 0.263. The van der Waals surface area contributed by atoms with Crippen molar-refractivity contribution in [2.75, 3.05) is 13.1 Å². The van der Waals surface area contributed by atoms with Crippen molar-refractivity contribution < 1.29 is 4.79 Å². The first-order valence-corrected chi connectivity index (χ1v) is 8.18. The minimum absolute atomic E-state index is 0.00607. The number of nitrogens with zero attached hydrogens (tertiary/aromatic N) is 3. The Hall–Kier alpha value is -2.82. The third kappa shape index (κ3) is 2.33. The number of hydrogen-bond donors (Lipinski definition) is 1. The van der Waals surface area contributed by atoms with Crippen LogP contribution in [0.5, 0.6) is 0 Å². The highest BCUT2D eigenvalue weighted by molar-refractivity contribution is 5.95. The Morgan fingerprint density at radius 3 is 2.83 bits per heavy atom. The lowest BCUT2D eigenvalue weighted by Crippen LogP contribution is -2.36. The maximum Gasteiger partial charge on any atom is 0.290 e. The van der Waals surface area contributed by atoms with Crippen molar-refractivity contribution in [3.8, 4) is 0 Å². The van der Waals surface area contributed by atoms with E-state index in [0.29, 0.717) is 12.4 Å². The molecule has 1 aromatic carbocycles. The van der Waals surface area contributed by atoms with Gasteiger partial charge >= 0.3 is 0 Å². The molecule has 0 bridgehead atoms. The van der Waals surface area contributed by atoms with E-state index < -0.39 is 0 Å². The minimum Gasteiger partial charge on any atom is -0.358 e. The molecule has 5 heteroatoms. The van der Waals surface area contributed by atoms with Gasteiger partial charge in [0.25, 0.3) is 5.91 Å². The lowest BCUT2D eigenvalue weighted by Gasteiger charge is -2.26. The topological polar surface area (TPSA) is 53.9 Å². The zero-order chi connectivity index (χ0) is 16.7. The Balaban J connectivity index is 1.62. The molecule has 1 aliphatic heterocycles.